The molecule has 0 aliphatic heterocycles. The number of benzene rings is 2. The molecule has 3 aromatic rings. The van der Waals surface area contributed by atoms with Gasteiger partial charge in [-0.3, -0.25) is 0 Å². The van der Waals surface area contributed by atoms with E-state index in [0.717, 1.165) is 18.4 Å². The number of hydrogen-bond donors (Lipinski definition) is 0. The fourth-order valence-electron chi connectivity index (χ4n) is 2.67. The van der Waals surface area contributed by atoms with Gasteiger partial charge in [-0.25, -0.2) is 17.2 Å². The Labute approximate surface area is 149 Å². The number of ether oxygens (including phenoxy) is 1. The molecule has 0 saturated heterocycles. The van der Waals surface area contributed by atoms with Gasteiger partial charge in [0.2, 0.25) is 0 Å². The van der Waals surface area contributed by atoms with Gasteiger partial charge in [0.25, 0.3) is 0 Å². The highest BCUT2D eigenvalue weighted by Gasteiger charge is 2.21. The minimum absolute atomic E-state index is 0.165. The molecule has 0 unspecified atom stereocenters. The van der Waals surface area contributed by atoms with Crippen molar-refractivity contribution in [3.8, 4) is 28.1 Å². The van der Waals surface area contributed by atoms with Gasteiger partial charge in [0.05, 0.1) is 17.6 Å². The maximum Gasteiger partial charge on any atom is 0.190 e. The summed E-state index contributed by atoms with van der Waals surface area (Å²) >= 11 is 0. The van der Waals surface area contributed by atoms with Crippen LogP contribution in [0.25, 0.3) is 22.4 Å². The lowest BCUT2D eigenvalue weighted by Gasteiger charge is -2.08. The quantitative estimate of drug-likeness (QED) is 0.685. The van der Waals surface area contributed by atoms with Crippen molar-refractivity contribution >= 4 is 9.84 Å². The molecule has 3 rings (SSSR count). The van der Waals surface area contributed by atoms with Crippen LogP contribution in [0.1, 0.15) is 5.76 Å². The summed E-state index contributed by atoms with van der Waals surface area (Å²) in [5.41, 5.74) is 1.56. The van der Waals surface area contributed by atoms with E-state index in [4.69, 9.17) is 4.52 Å². The fourth-order valence-corrected chi connectivity index (χ4v) is 3.30. The van der Waals surface area contributed by atoms with Crippen LogP contribution in [0.15, 0.2) is 45.8 Å². The van der Waals surface area contributed by atoms with Crippen molar-refractivity contribution in [3.05, 3.63) is 53.8 Å². The molecule has 2 aromatic carbocycles. The highest BCUT2D eigenvalue weighted by atomic mass is 32.2. The molecule has 0 spiro atoms. The molecule has 0 fully saturated rings. The zero-order valence-electron chi connectivity index (χ0n) is 14.2. The van der Waals surface area contributed by atoms with Gasteiger partial charge in [-0.2, -0.15) is 0 Å². The Morgan fingerprint density at radius 1 is 1.04 bits per heavy atom. The second-order valence-electron chi connectivity index (χ2n) is 5.73. The second kappa shape index (κ2) is 6.53. The topological polar surface area (TPSA) is 69.4 Å². The molecule has 0 aliphatic carbocycles. The predicted octanol–water partition coefficient (Wildman–Crippen LogP) is 4.01. The van der Waals surface area contributed by atoms with E-state index in [-0.39, 0.29) is 16.2 Å². The predicted molar refractivity (Wildman–Crippen MR) is 91.7 cm³/mol. The zero-order valence-corrected chi connectivity index (χ0v) is 15.0. The van der Waals surface area contributed by atoms with Crippen molar-refractivity contribution in [1.82, 2.24) is 5.16 Å². The monoisotopic (exact) mass is 379 g/mol. The molecule has 5 nitrogen and oxygen atoms in total. The minimum atomic E-state index is -3.33. The van der Waals surface area contributed by atoms with Crippen LogP contribution in [0.4, 0.5) is 8.78 Å². The van der Waals surface area contributed by atoms with Crippen LogP contribution >= 0.6 is 0 Å². The highest BCUT2D eigenvalue weighted by molar-refractivity contribution is 7.90. The normalized spacial score (nSPS) is 11.6. The summed E-state index contributed by atoms with van der Waals surface area (Å²) in [7, 11) is -2.16. The third-order valence-corrected chi connectivity index (χ3v) is 5.04. The second-order valence-corrected chi connectivity index (χ2v) is 7.75. The first kappa shape index (κ1) is 18.1. The number of hydrogen-bond acceptors (Lipinski definition) is 5. The van der Waals surface area contributed by atoms with Crippen LogP contribution < -0.4 is 4.74 Å². The molecule has 0 radical (unpaired) electrons. The number of nitrogens with zero attached hydrogens (tertiary/aromatic N) is 1. The Hall–Kier alpha value is -2.74. The van der Waals surface area contributed by atoms with E-state index in [1.54, 1.807) is 19.1 Å². The van der Waals surface area contributed by atoms with Gasteiger partial charge >= 0.3 is 0 Å². The highest BCUT2D eigenvalue weighted by Crippen LogP contribution is 2.37. The average Bonchev–Trinajstić information content (AvgIpc) is 2.95. The molecule has 1 aromatic heterocycles. The van der Waals surface area contributed by atoms with E-state index >= 15 is 0 Å². The molecule has 0 amide bonds. The van der Waals surface area contributed by atoms with Crippen molar-refractivity contribution in [3.63, 3.8) is 0 Å². The third-order valence-electron chi connectivity index (χ3n) is 3.91. The van der Waals surface area contributed by atoms with Gasteiger partial charge in [0.1, 0.15) is 11.5 Å². The number of methoxy groups -OCH3 is 1. The molecule has 0 aliphatic rings. The van der Waals surface area contributed by atoms with E-state index in [1.165, 1.54) is 19.2 Å². The molecule has 0 bridgehead atoms. The van der Waals surface area contributed by atoms with Crippen LogP contribution in [0.3, 0.4) is 0 Å². The van der Waals surface area contributed by atoms with Crippen LogP contribution in [0.2, 0.25) is 0 Å². The van der Waals surface area contributed by atoms with Crippen LogP contribution in [0.5, 0.6) is 5.75 Å². The SMILES string of the molecule is COc1c(F)cc(-c2noc(C)c2-c2ccc(S(C)(=O)=O)cc2)cc1F. The number of sulfone groups is 1. The van der Waals surface area contributed by atoms with Crippen molar-refractivity contribution in [2.75, 3.05) is 13.4 Å². The smallest absolute Gasteiger partial charge is 0.190 e. The van der Waals surface area contributed by atoms with Gasteiger partial charge in [0.15, 0.2) is 27.2 Å². The molecule has 8 heteroatoms. The van der Waals surface area contributed by atoms with Gasteiger partial charge < -0.3 is 9.26 Å². The molecule has 1 heterocycles. The van der Waals surface area contributed by atoms with Gasteiger partial charge in [-0.1, -0.05) is 17.3 Å². The van der Waals surface area contributed by atoms with Crippen LogP contribution in [-0.4, -0.2) is 26.9 Å². The molecular weight excluding hydrogens is 364 g/mol. The third kappa shape index (κ3) is 3.20. The van der Waals surface area contributed by atoms with E-state index in [2.05, 4.69) is 9.89 Å². The lowest BCUT2D eigenvalue weighted by atomic mass is 9.99. The van der Waals surface area contributed by atoms with E-state index in [0.29, 0.717) is 16.9 Å². The number of halogens is 2. The summed E-state index contributed by atoms with van der Waals surface area (Å²) in [4.78, 5) is 0.165. The molecule has 136 valence electrons. The molecule has 26 heavy (non-hydrogen) atoms. The first-order valence-electron chi connectivity index (χ1n) is 7.52. The lowest BCUT2D eigenvalue weighted by molar-refractivity contribution is 0.360. The van der Waals surface area contributed by atoms with Gasteiger partial charge in [-0.15, -0.1) is 0 Å². The number of aromatic nitrogens is 1. The number of rotatable bonds is 4. The van der Waals surface area contributed by atoms with E-state index in [9.17, 15) is 17.2 Å². The standard InChI is InChI=1S/C18H15F2NO4S/c1-10-16(11-4-6-13(7-5-11)26(3,22)23)17(21-25-10)12-8-14(19)18(24-2)15(20)9-12/h4-9H,1-3H3. The van der Waals surface area contributed by atoms with Crippen molar-refractivity contribution in [2.45, 2.75) is 11.8 Å². The minimum Gasteiger partial charge on any atom is -0.491 e. The van der Waals surface area contributed by atoms with Crippen molar-refractivity contribution in [1.29, 1.82) is 0 Å². The molecule has 0 N–H and O–H groups in total. The van der Waals surface area contributed by atoms with Gasteiger partial charge in [-0.05, 0) is 36.8 Å². The number of aryl methyl sites for hydroxylation is 1. The maximum atomic E-state index is 14.0. The summed E-state index contributed by atoms with van der Waals surface area (Å²) in [6, 6.07) is 8.30. The zero-order chi connectivity index (χ0) is 19.1. The summed E-state index contributed by atoms with van der Waals surface area (Å²) < 4.78 is 61.1. The summed E-state index contributed by atoms with van der Waals surface area (Å²) in [6.45, 7) is 1.66. The largest absolute Gasteiger partial charge is 0.491 e. The Bertz CT molecular complexity index is 1050. The van der Waals surface area contributed by atoms with Crippen molar-refractivity contribution in [2.24, 2.45) is 0 Å². The first-order chi connectivity index (χ1) is 12.2. The lowest BCUT2D eigenvalue weighted by Crippen LogP contribution is -1.97. The summed E-state index contributed by atoms with van der Waals surface area (Å²) in [5.74, 6) is -1.76. The van der Waals surface area contributed by atoms with Crippen LogP contribution in [0, 0.1) is 18.6 Å². The van der Waals surface area contributed by atoms with Gasteiger partial charge in [0, 0.05) is 11.8 Å². The summed E-state index contributed by atoms with van der Waals surface area (Å²) in [5, 5.41) is 3.90. The van der Waals surface area contributed by atoms with Crippen LogP contribution in [-0.2, 0) is 9.84 Å². The maximum absolute atomic E-state index is 14.0. The van der Waals surface area contributed by atoms with Crippen molar-refractivity contribution < 1.29 is 26.5 Å². The molecular formula is C18H15F2NO4S. The average molecular weight is 379 g/mol. The Kier molecular flexibility index (Phi) is 4.53. The Morgan fingerprint density at radius 3 is 2.12 bits per heavy atom. The Balaban J connectivity index is 2.14. The van der Waals surface area contributed by atoms with E-state index < -0.39 is 27.2 Å². The summed E-state index contributed by atoms with van der Waals surface area (Å²) in [6.07, 6.45) is 1.11. The molecule has 0 atom stereocenters. The molecule has 0 saturated carbocycles. The fraction of sp³-hybridized carbons (Fsp3) is 0.167. The van der Waals surface area contributed by atoms with E-state index in [1.807, 2.05) is 0 Å². The Morgan fingerprint density at radius 2 is 1.62 bits per heavy atom. The first-order valence-corrected chi connectivity index (χ1v) is 9.41.